The Balaban J connectivity index is 1.91. The van der Waals surface area contributed by atoms with Crippen molar-refractivity contribution in [2.24, 2.45) is 22.8 Å². The highest BCUT2D eigenvalue weighted by Crippen LogP contribution is 2.53. The smallest absolute Gasteiger partial charge is 0.251 e. The molecule has 0 aromatic heterocycles. The third kappa shape index (κ3) is 3.24. The molecule has 12 heteroatoms. The van der Waals surface area contributed by atoms with Crippen molar-refractivity contribution in [3.63, 3.8) is 0 Å². The largest absolute Gasteiger partial charge is 0.391 e. The third-order valence-electron chi connectivity index (χ3n) is 6.82. The fourth-order valence-corrected chi connectivity index (χ4v) is 5.38. The molecule has 3 rings (SSSR count). The van der Waals surface area contributed by atoms with Crippen molar-refractivity contribution >= 4 is 29.5 Å². The quantitative estimate of drug-likeness (QED) is 0.291. The number of aliphatic hydroxyl groups is 2. The molecular weight excluding hydrogens is 422 g/mol. The zero-order chi connectivity index (χ0) is 24.3. The number of nitrogens with zero attached hydrogens (tertiary/aromatic N) is 3. The van der Waals surface area contributed by atoms with E-state index >= 15 is 0 Å². The van der Waals surface area contributed by atoms with Gasteiger partial charge in [0.25, 0.3) is 5.91 Å². The van der Waals surface area contributed by atoms with Gasteiger partial charge in [0.1, 0.15) is 17.6 Å². The minimum atomic E-state index is -1.33. The fraction of sp³-hybridized carbons (Fsp3) is 0.750. The highest BCUT2D eigenvalue weighted by Gasteiger charge is 2.73. The highest BCUT2D eigenvalue weighted by atomic mass is 16.3. The lowest BCUT2D eigenvalue weighted by Gasteiger charge is -2.54. The summed E-state index contributed by atoms with van der Waals surface area (Å²) in [6.07, 6.45) is -2.37. The maximum absolute atomic E-state index is 13.3. The Labute approximate surface area is 185 Å². The summed E-state index contributed by atoms with van der Waals surface area (Å²) in [4.78, 5) is 66.7. The van der Waals surface area contributed by atoms with Crippen molar-refractivity contribution < 1.29 is 34.2 Å². The van der Waals surface area contributed by atoms with Gasteiger partial charge in [0.2, 0.25) is 23.6 Å². The van der Waals surface area contributed by atoms with E-state index in [0.29, 0.717) is 0 Å². The van der Waals surface area contributed by atoms with E-state index in [1.54, 1.807) is 13.8 Å². The predicted molar refractivity (Wildman–Crippen MR) is 109 cm³/mol. The van der Waals surface area contributed by atoms with Crippen molar-refractivity contribution in [2.75, 3.05) is 19.6 Å². The van der Waals surface area contributed by atoms with Crippen molar-refractivity contribution in [1.29, 1.82) is 0 Å². The summed E-state index contributed by atoms with van der Waals surface area (Å²) in [5, 5.41) is 19.8. The third-order valence-corrected chi connectivity index (χ3v) is 6.82. The van der Waals surface area contributed by atoms with Crippen LogP contribution in [0.5, 0.6) is 0 Å². The lowest BCUT2D eigenvalue weighted by atomic mass is 9.70. The van der Waals surface area contributed by atoms with Gasteiger partial charge in [0.15, 0.2) is 0 Å². The molecule has 3 saturated heterocycles. The molecule has 12 nitrogen and oxygen atoms in total. The normalized spacial score (nSPS) is 30.9. The summed E-state index contributed by atoms with van der Waals surface area (Å²) >= 11 is 0. The summed E-state index contributed by atoms with van der Waals surface area (Å²) < 4.78 is 0. The maximum atomic E-state index is 13.3. The molecule has 2 unspecified atom stereocenters. The minimum absolute atomic E-state index is 0.0136. The molecule has 32 heavy (non-hydrogen) atoms. The lowest BCUT2D eigenvalue weighted by molar-refractivity contribution is -0.178. The predicted octanol–water partition coefficient (Wildman–Crippen LogP) is -3.25. The van der Waals surface area contributed by atoms with Crippen LogP contribution in [0, 0.1) is 11.3 Å². The number of likely N-dealkylation sites (tertiary alicyclic amines) is 3. The SMILES string of the molecule is CC(C)C(=O)N1CC2(CN([C@H](C(N)=O)[C@@H](C)O)C2=O)CC12CN([C@H](C(N)=O)[C@@H](C)O)C2=O. The van der Waals surface area contributed by atoms with E-state index in [1.807, 2.05) is 0 Å². The number of hydrogen-bond acceptors (Lipinski definition) is 7. The Morgan fingerprint density at radius 2 is 1.31 bits per heavy atom. The molecule has 0 aliphatic carbocycles. The second-order valence-corrected chi connectivity index (χ2v) is 9.61. The average molecular weight is 453 g/mol. The van der Waals surface area contributed by atoms with Gasteiger partial charge in [-0.1, -0.05) is 13.8 Å². The first-order chi connectivity index (χ1) is 14.7. The molecular formula is C20H31N5O7. The number of hydrogen-bond donors (Lipinski definition) is 4. The summed E-state index contributed by atoms with van der Waals surface area (Å²) in [6, 6.07) is -2.45. The van der Waals surface area contributed by atoms with Crippen molar-refractivity contribution in [2.45, 2.75) is 63.9 Å². The van der Waals surface area contributed by atoms with Gasteiger partial charge in [-0.3, -0.25) is 24.0 Å². The minimum Gasteiger partial charge on any atom is -0.391 e. The van der Waals surface area contributed by atoms with Crippen molar-refractivity contribution in [3.05, 3.63) is 0 Å². The fourth-order valence-electron chi connectivity index (χ4n) is 5.38. The number of carbonyl (C=O) groups excluding carboxylic acids is 5. The lowest BCUT2D eigenvalue weighted by Crippen LogP contribution is -2.77. The second-order valence-electron chi connectivity index (χ2n) is 9.61. The molecule has 3 aliphatic heterocycles. The van der Waals surface area contributed by atoms with Crippen LogP contribution in [-0.2, 0) is 24.0 Å². The molecule has 6 atom stereocenters. The van der Waals surface area contributed by atoms with Gasteiger partial charge in [0.05, 0.1) is 24.2 Å². The Bertz CT molecular complexity index is 874. The van der Waals surface area contributed by atoms with Gasteiger partial charge in [-0.25, -0.2) is 0 Å². The van der Waals surface area contributed by atoms with Crippen LogP contribution in [0.15, 0.2) is 0 Å². The Morgan fingerprint density at radius 1 is 0.844 bits per heavy atom. The summed E-state index contributed by atoms with van der Waals surface area (Å²) in [6.45, 7) is 6.02. The van der Waals surface area contributed by atoms with Gasteiger partial charge < -0.3 is 36.4 Å². The summed E-state index contributed by atoms with van der Waals surface area (Å²) in [5.41, 5.74) is 8.28. The number of nitrogens with two attached hydrogens (primary N) is 2. The molecule has 0 saturated carbocycles. The van der Waals surface area contributed by atoms with Crippen molar-refractivity contribution in [1.82, 2.24) is 14.7 Å². The molecule has 178 valence electrons. The van der Waals surface area contributed by atoms with Crippen LogP contribution in [0.2, 0.25) is 0 Å². The molecule has 5 amide bonds. The first-order valence-corrected chi connectivity index (χ1v) is 10.6. The van der Waals surface area contributed by atoms with Gasteiger partial charge in [-0.05, 0) is 20.3 Å². The zero-order valence-electron chi connectivity index (χ0n) is 18.6. The number of β-lactam (4-membered cyclic amide) rings is 2. The van der Waals surface area contributed by atoms with Crippen LogP contribution in [0.4, 0.5) is 0 Å². The molecule has 0 radical (unpaired) electrons. The number of amides is 5. The van der Waals surface area contributed by atoms with Gasteiger partial charge in [-0.15, -0.1) is 0 Å². The Hall–Kier alpha value is -2.73. The topological polar surface area (TPSA) is 188 Å². The van der Waals surface area contributed by atoms with Crippen LogP contribution in [0.25, 0.3) is 0 Å². The van der Waals surface area contributed by atoms with Gasteiger partial charge in [-0.2, -0.15) is 0 Å². The van der Waals surface area contributed by atoms with E-state index in [-0.39, 0.29) is 32.0 Å². The standard InChI is InChI=1S/C20H31N5O7/c1-9(2)16(30)25-7-19(6-23(17(19)31)12(10(3)26)14(21)28)5-20(25)8-24(18(20)32)13(11(4)27)15(22)29/h9-13,26-27H,5-8H2,1-4H3,(H2,21,28)(H2,22,29)/t10-,11-,12+,13+,19?,20?/m1/s1. The van der Waals surface area contributed by atoms with E-state index in [0.717, 1.165) is 4.90 Å². The van der Waals surface area contributed by atoms with Gasteiger partial charge >= 0.3 is 0 Å². The van der Waals surface area contributed by atoms with Crippen LogP contribution in [-0.4, -0.2) is 104 Å². The average Bonchev–Trinajstić information content (AvgIpc) is 3.05. The van der Waals surface area contributed by atoms with Crippen LogP contribution < -0.4 is 11.5 Å². The zero-order valence-corrected chi connectivity index (χ0v) is 18.6. The number of carbonyl (C=O) groups is 5. The van der Waals surface area contributed by atoms with Gasteiger partial charge in [0, 0.05) is 19.0 Å². The molecule has 3 aliphatic rings. The molecule has 6 N–H and O–H groups in total. The second kappa shape index (κ2) is 7.69. The molecule has 0 bridgehead atoms. The molecule has 3 fully saturated rings. The Morgan fingerprint density at radius 3 is 1.66 bits per heavy atom. The number of aliphatic hydroxyl groups excluding tert-OH is 2. The monoisotopic (exact) mass is 453 g/mol. The van der Waals surface area contributed by atoms with Crippen LogP contribution >= 0.6 is 0 Å². The van der Waals surface area contributed by atoms with Crippen molar-refractivity contribution in [3.8, 4) is 0 Å². The number of rotatable bonds is 7. The summed E-state index contributed by atoms with van der Waals surface area (Å²) in [5.74, 6) is -3.51. The molecule has 0 aromatic rings. The van der Waals surface area contributed by atoms with Crippen LogP contribution in [0.3, 0.4) is 0 Å². The van der Waals surface area contributed by atoms with E-state index in [9.17, 15) is 34.2 Å². The summed E-state index contributed by atoms with van der Waals surface area (Å²) in [7, 11) is 0. The van der Waals surface area contributed by atoms with E-state index < -0.39 is 64.8 Å². The molecule has 3 heterocycles. The van der Waals surface area contributed by atoms with E-state index in [4.69, 9.17) is 11.5 Å². The Kier molecular flexibility index (Phi) is 5.75. The first-order valence-electron chi connectivity index (χ1n) is 10.6. The van der Waals surface area contributed by atoms with E-state index in [2.05, 4.69) is 0 Å². The molecule has 2 spiro atoms. The van der Waals surface area contributed by atoms with E-state index in [1.165, 1.54) is 23.6 Å². The number of primary amides is 2. The first kappa shape index (κ1) is 23.9. The highest BCUT2D eigenvalue weighted by molar-refractivity contribution is 6.03. The van der Waals surface area contributed by atoms with Crippen LogP contribution in [0.1, 0.15) is 34.1 Å². The maximum Gasteiger partial charge on any atom is 0.251 e. The molecule has 0 aromatic carbocycles.